The first-order valence-corrected chi connectivity index (χ1v) is 17.2. The molecular formula is C35H47F9O4. The topological polar surface area (TPSA) is 77.8 Å². The second-order valence-electron chi connectivity index (χ2n) is 14.8. The SMILES string of the molecule is C[C@]12C[C@H](CCCCCCCCC[C@H](CCC(F)(F)C(F)(F)C(F)(F)C(F)(F)F)C(=O)O)[C@@H]3c4ccc(O)cc4CC[C@H]3[C@@H]1CC[C@@H]2O. The van der Waals surface area contributed by atoms with Crippen LogP contribution in [0.1, 0.15) is 120 Å². The molecule has 0 radical (unpaired) electrons. The van der Waals surface area contributed by atoms with Gasteiger partial charge in [-0.25, -0.2) is 0 Å². The second kappa shape index (κ2) is 14.6. The lowest BCUT2D eigenvalue weighted by Crippen LogP contribution is -2.60. The van der Waals surface area contributed by atoms with E-state index in [1.165, 1.54) is 11.1 Å². The maximum absolute atomic E-state index is 13.9. The highest BCUT2D eigenvalue weighted by Gasteiger charge is 2.81. The summed E-state index contributed by atoms with van der Waals surface area (Å²) in [6, 6.07) is 5.72. The summed E-state index contributed by atoms with van der Waals surface area (Å²) in [4.78, 5) is 11.5. The molecule has 4 rings (SSSR count). The molecule has 3 aliphatic rings. The van der Waals surface area contributed by atoms with Crippen LogP contribution in [0.2, 0.25) is 0 Å². The van der Waals surface area contributed by atoms with Crippen molar-refractivity contribution in [2.24, 2.45) is 29.1 Å². The van der Waals surface area contributed by atoms with Crippen LogP contribution in [0, 0.1) is 29.1 Å². The Kier molecular flexibility index (Phi) is 11.7. The minimum Gasteiger partial charge on any atom is -0.508 e. The number of aromatic hydroxyl groups is 1. The summed E-state index contributed by atoms with van der Waals surface area (Å²) in [6.45, 7) is 2.24. The Hall–Kier alpha value is -2.18. The molecule has 0 spiro atoms. The number of hydrogen-bond acceptors (Lipinski definition) is 3. The molecule has 7 atom stereocenters. The van der Waals surface area contributed by atoms with Crippen molar-refractivity contribution in [2.45, 2.75) is 146 Å². The summed E-state index contributed by atoms with van der Waals surface area (Å²) in [5.41, 5.74) is 2.44. The molecule has 0 amide bonds. The van der Waals surface area contributed by atoms with Crippen LogP contribution >= 0.6 is 0 Å². The number of carboxylic acids is 1. The number of alkyl halides is 9. The van der Waals surface area contributed by atoms with E-state index in [0.29, 0.717) is 36.5 Å². The lowest BCUT2D eigenvalue weighted by molar-refractivity contribution is -0.396. The average molecular weight is 703 g/mol. The van der Waals surface area contributed by atoms with Crippen LogP contribution < -0.4 is 0 Å². The van der Waals surface area contributed by atoms with E-state index in [4.69, 9.17) is 0 Å². The van der Waals surface area contributed by atoms with Gasteiger partial charge >= 0.3 is 29.9 Å². The largest absolute Gasteiger partial charge is 0.508 e. The van der Waals surface area contributed by atoms with Gasteiger partial charge in [0.15, 0.2) is 0 Å². The number of halogens is 9. The molecule has 0 bridgehead atoms. The number of aliphatic carboxylic acids is 1. The zero-order valence-corrected chi connectivity index (χ0v) is 27.2. The van der Waals surface area contributed by atoms with E-state index in [0.717, 1.165) is 64.2 Å². The quantitative estimate of drug-likeness (QED) is 0.118. The summed E-state index contributed by atoms with van der Waals surface area (Å²) in [7, 11) is 0. The van der Waals surface area contributed by atoms with Gasteiger partial charge in [-0.1, -0.05) is 57.9 Å². The van der Waals surface area contributed by atoms with Crippen molar-refractivity contribution in [1.29, 1.82) is 0 Å². The van der Waals surface area contributed by atoms with E-state index >= 15 is 0 Å². The van der Waals surface area contributed by atoms with Gasteiger partial charge in [0.25, 0.3) is 0 Å². The molecule has 2 fully saturated rings. The number of aryl methyl sites for hydroxylation is 1. The van der Waals surface area contributed by atoms with Crippen molar-refractivity contribution >= 4 is 5.97 Å². The van der Waals surface area contributed by atoms with Crippen molar-refractivity contribution in [3.05, 3.63) is 29.3 Å². The third-order valence-corrected chi connectivity index (χ3v) is 11.8. The lowest BCUT2D eigenvalue weighted by Gasteiger charge is -2.54. The Balaban J connectivity index is 1.20. The van der Waals surface area contributed by atoms with Gasteiger partial charge in [-0.15, -0.1) is 0 Å². The maximum Gasteiger partial charge on any atom is 0.460 e. The number of rotatable bonds is 16. The van der Waals surface area contributed by atoms with Crippen molar-refractivity contribution < 1.29 is 59.6 Å². The smallest absolute Gasteiger partial charge is 0.460 e. The molecular weight excluding hydrogens is 655 g/mol. The molecule has 0 heterocycles. The Labute approximate surface area is 275 Å². The molecule has 1 aromatic carbocycles. The fourth-order valence-corrected chi connectivity index (χ4v) is 9.12. The van der Waals surface area contributed by atoms with Crippen LogP contribution in [-0.2, 0) is 11.2 Å². The highest BCUT2D eigenvalue weighted by Crippen LogP contribution is 2.63. The fraction of sp³-hybridized carbons (Fsp3) is 0.800. The summed E-state index contributed by atoms with van der Waals surface area (Å²) >= 11 is 0. The van der Waals surface area contributed by atoms with Crippen LogP contribution in [0.5, 0.6) is 5.75 Å². The number of phenols is 1. The Morgan fingerprint density at radius 3 is 2.12 bits per heavy atom. The molecule has 13 heteroatoms. The van der Waals surface area contributed by atoms with Crippen LogP contribution in [0.4, 0.5) is 39.5 Å². The zero-order valence-electron chi connectivity index (χ0n) is 27.2. The number of carboxylic acid groups (broad SMARTS) is 1. The number of benzene rings is 1. The molecule has 274 valence electrons. The standard InChI is InChI=1S/C35H47F9O4/c1-31-20-23(29-25-14-12-24(45)19-22(25)11-13-26(29)27(31)15-16-28(31)46)10-8-6-4-2-3-5-7-9-21(30(47)48)17-18-32(36,37)33(38,39)34(40,41)35(42,43)44/h12,14,19,21,23,26-29,45-46H,2-11,13,15-18,20H2,1H3,(H,47,48)/t21-,23+,26+,27+,28+,29-,31+/m1/s1. The van der Waals surface area contributed by atoms with Crippen molar-refractivity contribution in [2.75, 3.05) is 0 Å². The molecule has 0 saturated heterocycles. The van der Waals surface area contributed by atoms with Crippen LogP contribution in [0.3, 0.4) is 0 Å². The monoisotopic (exact) mass is 702 g/mol. The van der Waals surface area contributed by atoms with Gasteiger partial charge in [0, 0.05) is 6.42 Å². The van der Waals surface area contributed by atoms with Gasteiger partial charge < -0.3 is 15.3 Å². The number of unbranched alkanes of at least 4 members (excludes halogenated alkanes) is 6. The van der Waals surface area contributed by atoms with Gasteiger partial charge in [-0.05, 0) is 104 Å². The summed E-state index contributed by atoms with van der Waals surface area (Å²) in [5, 5.41) is 30.3. The normalized spacial score (nSPS) is 28.4. The minimum atomic E-state index is -6.98. The first kappa shape index (κ1) is 38.6. The summed E-state index contributed by atoms with van der Waals surface area (Å²) in [6.07, 6.45) is 0.282. The highest BCUT2D eigenvalue weighted by molar-refractivity contribution is 5.69. The average Bonchev–Trinajstić information content (AvgIpc) is 3.29. The molecule has 0 aromatic heterocycles. The molecule has 3 N–H and O–H groups in total. The first-order chi connectivity index (χ1) is 22.2. The molecule has 3 aliphatic carbocycles. The van der Waals surface area contributed by atoms with Gasteiger partial charge in [0.1, 0.15) is 5.75 Å². The van der Waals surface area contributed by atoms with E-state index in [1.54, 1.807) is 6.07 Å². The fourth-order valence-electron chi connectivity index (χ4n) is 9.12. The van der Waals surface area contributed by atoms with Gasteiger partial charge in [-0.3, -0.25) is 4.79 Å². The Morgan fingerprint density at radius 1 is 0.875 bits per heavy atom. The third kappa shape index (κ3) is 7.60. The summed E-state index contributed by atoms with van der Waals surface area (Å²) in [5.74, 6) is -20.6. The van der Waals surface area contributed by atoms with E-state index < -0.39 is 48.7 Å². The number of aliphatic hydroxyl groups is 1. The third-order valence-electron chi connectivity index (χ3n) is 11.8. The number of fused-ring (bicyclic) bond motifs is 5. The van der Waals surface area contributed by atoms with Crippen molar-refractivity contribution in [1.82, 2.24) is 0 Å². The molecule has 48 heavy (non-hydrogen) atoms. The lowest BCUT2D eigenvalue weighted by atomic mass is 9.51. The van der Waals surface area contributed by atoms with Crippen molar-refractivity contribution in [3.8, 4) is 5.75 Å². The van der Waals surface area contributed by atoms with E-state index in [-0.39, 0.29) is 30.1 Å². The van der Waals surface area contributed by atoms with Crippen molar-refractivity contribution in [3.63, 3.8) is 0 Å². The van der Waals surface area contributed by atoms with Crippen LogP contribution in [-0.4, -0.2) is 51.3 Å². The minimum absolute atomic E-state index is 0.0982. The molecule has 0 unspecified atom stereocenters. The molecule has 0 aliphatic heterocycles. The second-order valence-corrected chi connectivity index (χ2v) is 14.8. The van der Waals surface area contributed by atoms with E-state index in [9.17, 15) is 59.6 Å². The molecule has 2 saturated carbocycles. The van der Waals surface area contributed by atoms with Crippen LogP contribution in [0.15, 0.2) is 18.2 Å². The molecule has 1 aromatic rings. The van der Waals surface area contributed by atoms with Gasteiger partial charge in [0.2, 0.25) is 0 Å². The van der Waals surface area contributed by atoms with E-state index in [1.807, 2.05) is 6.07 Å². The first-order valence-electron chi connectivity index (χ1n) is 17.2. The van der Waals surface area contributed by atoms with E-state index in [2.05, 4.69) is 13.0 Å². The Bertz CT molecular complexity index is 1250. The number of phenolic OH excluding ortho intramolecular Hbond substituents is 1. The van der Waals surface area contributed by atoms with Gasteiger partial charge in [-0.2, -0.15) is 39.5 Å². The number of carbonyl (C=O) groups is 1. The number of aliphatic hydroxyl groups excluding tert-OH is 1. The zero-order chi connectivity index (χ0) is 35.7. The predicted octanol–water partition coefficient (Wildman–Crippen LogP) is 10.3. The molecule has 4 nitrogen and oxygen atoms in total. The maximum atomic E-state index is 13.9. The van der Waals surface area contributed by atoms with Gasteiger partial charge in [0.05, 0.1) is 12.0 Å². The number of hydrogen-bond donors (Lipinski definition) is 3. The highest BCUT2D eigenvalue weighted by atomic mass is 19.4. The summed E-state index contributed by atoms with van der Waals surface area (Å²) < 4.78 is 118. The predicted molar refractivity (Wildman–Crippen MR) is 160 cm³/mol. The Morgan fingerprint density at radius 2 is 1.50 bits per heavy atom. The van der Waals surface area contributed by atoms with Crippen LogP contribution in [0.25, 0.3) is 0 Å².